The first-order valence-electron chi connectivity index (χ1n) is 13.1. The lowest BCUT2D eigenvalue weighted by Crippen LogP contribution is -2.53. The minimum atomic E-state index is -4.13. The number of carbonyl (C=O) groups excluding carboxylic acids is 2. The highest BCUT2D eigenvalue weighted by molar-refractivity contribution is 7.92. The number of nitrogens with zero attached hydrogens (tertiary/aromatic N) is 2. The van der Waals surface area contributed by atoms with Crippen LogP contribution in [0.2, 0.25) is 5.02 Å². The molecule has 0 aliphatic carbocycles. The van der Waals surface area contributed by atoms with Gasteiger partial charge in [-0.2, -0.15) is 0 Å². The van der Waals surface area contributed by atoms with Crippen molar-refractivity contribution in [3.05, 3.63) is 95.0 Å². The molecule has 2 amide bonds. The monoisotopic (exact) mass is 569 g/mol. The number of rotatable bonds is 12. The Bertz CT molecular complexity index is 1350. The van der Waals surface area contributed by atoms with Gasteiger partial charge in [0.25, 0.3) is 10.0 Å². The van der Waals surface area contributed by atoms with E-state index >= 15 is 0 Å². The fourth-order valence-corrected chi connectivity index (χ4v) is 5.65. The summed E-state index contributed by atoms with van der Waals surface area (Å²) in [5.41, 5.74) is 2.14. The van der Waals surface area contributed by atoms with Gasteiger partial charge in [0, 0.05) is 17.6 Å². The molecule has 7 nitrogen and oxygen atoms in total. The van der Waals surface area contributed by atoms with E-state index in [1.54, 1.807) is 24.3 Å². The molecule has 208 valence electrons. The number of carbonyl (C=O) groups is 2. The Morgan fingerprint density at radius 1 is 0.897 bits per heavy atom. The van der Waals surface area contributed by atoms with Crippen LogP contribution in [0.5, 0.6) is 0 Å². The Hall–Kier alpha value is -3.36. The quantitative estimate of drug-likeness (QED) is 0.309. The zero-order valence-electron chi connectivity index (χ0n) is 22.8. The first kappa shape index (κ1) is 30.2. The van der Waals surface area contributed by atoms with Gasteiger partial charge in [0.2, 0.25) is 11.8 Å². The van der Waals surface area contributed by atoms with E-state index in [1.165, 1.54) is 29.2 Å². The van der Waals surface area contributed by atoms with Crippen LogP contribution in [-0.4, -0.2) is 43.8 Å². The SMILES string of the molecule is CC[C@H](C(=O)N[C@@H](C)CC)N(Cc1ccccc1)C(=O)CN(c1ccc(C)cc1)S(=O)(=O)c1ccc(Cl)cc1. The lowest BCUT2D eigenvalue weighted by Gasteiger charge is -2.33. The van der Waals surface area contributed by atoms with Gasteiger partial charge in [-0.05, 0) is 68.7 Å². The third kappa shape index (κ3) is 7.83. The molecule has 3 aromatic carbocycles. The summed E-state index contributed by atoms with van der Waals surface area (Å²) >= 11 is 6.00. The Labute approximate surface area is 236 Å². The number of nitrogens with one attached hydrogen (secondary N) is 1. The second-order valence-electron chi connectivity index (χ2n) is 9.55. The first-order valence-corrected chi connectivity index (χ1v) is 14.9. The van der Waals surface area contributed by atoms with E-state index in [4.69, 9.17) is 11.6 Å². The van der Waals surface area contributed by atoms with Crippen LogP contribution < -0.4 is 9.62 Å². The van der Waals surface area contributed by atoms with Crippen LogP contribution in [0.15, 0.2) is 83.8 Å². The van der Waals surface area contributed by atoms with E-state index in [0.717, 1.165) is 21.9 Å². The van der Waals surface area contributed by atoms with Crippen molar-refractivity contribution in [2.45, 2.75) is 64.1 Å². The third-order valence-corrected chi connectivity index (χ3v) is 8.63. The Balaban J connectivity index is 2.04. The molecule has 0 aliphatic rings. The normalized spacial score (nSPS) is 12.8. The molecule has 3 rings (SSSR count). The Morgan fingerprint density at radius 2 is 1.51 bits per heavy atom. The van der Waals surface area contributed by atoms with Crippen LogP contribution in [0.3, 0.4) is 0 Å². The molecule has 0 spiro atoms. The molecule has 0 aliphatic heterocycles. The highest BCUT2D eigenvalue weighted by Gasteiger charge is 2.34. The standard InChI is InChI=1S/C30H36ClN3O4S/c1-5-23(4)32-30(36)28(6-2)33(20-24-10-8-7-9-11-24)29(35)21-34(26-16-12-22(3)13-17-26)39(37,38)27-18-14-25(31)15-19-27/h7-19,23,28H,5-6,20-21H2,1-4H3,(H,32,36)/t23-,28+/m0/s1. The van der Waals surface area contributed by atoms with Crippen LogP contribution in [0.4, 0.5) is 5.69 Å². The largest absolute Gasteiger partial charge is 0.352 e. The summed E-state index contributed by atoms with van der Waals surface area (Å²) in [6.07, 6.45) is 1.12. The second kappa shape index (κ2) is 13.6. The molecule has 39 heavy (non-hydrogen) atoms. The number of hydrogen-bond acceptors (Lipinski definition) is 4. The molecule has 0 radical (unpaired) electrons. The van der Waals surface area contributed by atoms with Crippen molar-refractivity contribution in [3.63, 3.8) is 0 Å². The number of hydrogen-bond donors (Lipinski definition) is 1. The van der Waals surface area contributed by atoms with Crippen LogP contribution in [-0.2, 0) is 26.2 Å². The molecule has 0 fully saturated rings. The highest BCUT2D eigenvalue weighted by Crippen LogP contribution is 2.26. The smallest absolute Gasteiger partial charge is 0.264 e. The maximum absolute atomic E-state index is 14.0. The van der Waals surface area contributed by atoms with Gasteiger partial charge in [0.05, 0.1) is 10.6 Å². The number of halogens is 1. The molecular formula is C30H36ClN3O4S. The molecule has 0 unspecified atom stereocenters. The van der Waals surface area contributed by atoms with E-state index in [1.807, 2.05) is 58.0 Å². The van der Waals surface area contributed by atoms with Crippen molar-refractivity contribution in [2.75, 3.05) is 10.8 Å². The first-order chi connectivity index (χ1) is 18.6. The molecule has 0 saturated carbocycles. The minimum absolute atomic E-state index is 0.0106. The summed E-state index contributed by atoms with van der Waals surface area (Å²) < 4.78 is 28.8. The number of benzene rings is 3. The average molecular weight is 570 g/mol. The van der Waals surface area contributed by atoms with Gasteiger partial charge in [0.15, 0.2) is 0 Å². The maximum Gasteiger partial charge on any atom is 0.264 e. The van der Waals surface area contributed by atoms with E-state index in [9.17, 15) is 18.0 Å². The number of sulfonamides is 1. The molecule has 2 atom stereocenters. The predicted octanol–water partition coefficient (Wildman–Crippen LogP) is 5.57. The molecular weight excluding hydrogens is 534 g/mol. The van der Waals surface area contributed by atoms with E-state index < -0.39 is 28.5 Å². The zero-order chi connectivity index (χ0) is 28.6. The molecule has 0 bridgehead atoms. The van der Waals surface area contributed by atoms with Crippen molar-refractivity contribution in [3.8, 4) is 0 Å². The van der Waals surface area contributed by atoms with Gasteiger partial charge in [0.1, 0.15) is 12.6 Å². The molecule has 0 saturated heterocycles. The molecule has 0 aromatic heterocycles. The summed E-state index contributed by atoms with van der Waals surface area (Å²) in [4.78, 5) is 28.8. The maximum atomic E-state index is 14.0. The third-order valence-electron chi connectivity index (χ3n) is 6.59. The fraction of sp³-hybridized carbons (Fsp3) is 0.333. The summed E-state index contributed by atoms with van der Waals surface area (Å²) in [7, 11) is -4.13. The van der Waals surface area contributed by atoms with Crippen molar-refractivity contribution in [1.82, 2.24) is 10.2 Å². The predicted molar refractivity (Wildman–Crippen MR) is 156 cm³/mol. The van der Waals surface area contributed by atoms with Gasteiger partial charge in [-0.3, -0.25) is 13.9 Å². The van der Waals surface area contributed by atoms with E-state index in [2.05, 4.69) is 5.32 Å². The number of amides is 2. The van der Waals surface area contributed by atoms with Crippen molar-refractivity contribution >= 4 is 39.1 Å². The number of anilines is 1. The number of aryl methyl sites for hydroxylation is 1. The van der Waals surface area contributed by atoms with Crippen molar-refractivity contribution in [2.24, 2.45) is 0 Å². The lowest BCUT2D eigenvalue weighted by atomic mass is 10.1. The van der Waals surface area contributed by atoms with Gasteiger partial charge in [-0.15, -0.1) is 0 Å². The topological polar surface area (TPSA) is 86.8 Å². The summed E-state index contributed by atoms with van der Waals surface area (Å²) in [6, 6.07) is 21.3. The van der Waals surface area contributed by atoms with Crippen molar-refractivity contribution in [1.29, 1.82) is 0 Å². The fourth-order valence-electron chi connectivity index (χ4n) is 4.11. The Kier molecular flexibility index (Phi) is 10.5. The van der Waals surface area contributed by atoms with Crippen LogP contribution in [0, 0.1) is 6.92 Å². The lowest BCUT2D eigenvalue weighted by molar-refractivity contribution is -0.140. The second-order valence-corrected chi connectivity index (χ2v) is 11.8. The summed E-state index contributed by atoms with van der Waals surface area (Å²) in [5.74, 6) is -0.748. The summed E-state index contributed by atoms with van der Waals surface area (Å²) in [6.45, 7) is 7.30. The molecule has 3 aromatic rings. The van der Waals surface area contributed by atoms with Gasteiger partial charge in [-0.1, -0.05) is 73.5 Å². The van der Waals surface area contributed by atoms with Gasteiger partial charge in [-0.25, -0.2) is 8.42 Å². The average Bonchev–Trinajstić information content (AvgIpc) is 2.92. The molecule has 0 heterocycles. The zero-order valence-corrected chi connectivity index (χ0v) is 24.4. The van der Waals surface area contributed by atoms with Crippen molar-refractivity contribution < 1.29 is 18.0 Å². The summed E-state index contributed by atoms with van der Waals surface area (Å²) in [5, 5.41) is 3.38. The van der Waals surface area contributed by atoms with Crippen LogP contribution in [0.25, 0.3) is 0 Å². The molecule has 9 heteroatoms. The molecule has 1 N–H and O–H groups in total. The van der Waals surface area contributed by atoms with Gasteiger partial charge >= 0.3 is 0 Å². The van der Waals surface area contributed by atoms with E-state index in [-0.39, 0.29) is 23.4 Å². The Morgan fingerprint density at radius 3 is 2.08 bits per heavy atom. The van der Waals surface area contributed by atoms with Gasteiger partial charge < -0.3 is 10.2 Å². The van der Waals surface area contributed by atoms with Crippen LogP contribution in [0.1, 0.15) is 44.7 Å². The highest BCUT2D eigenvalue weighted by atomic mass is 35.5. The van der Waals surface area contributed by atoms with Crippen LogP contribution >= 0.6 is 11.6 Å². The van der Waals surface area contributed by atoms with E-state index in [0.29, 0.717) is 17.1 Å². The minimum Gasteiger partial charge on any atom is -0.352 e.